The highest BCUT2D eigenvalue weighted by Gasteiger charge is 2.17. The van der Waals surface area contributed by atoms with E-state index in [4.69, 9.17) is 10.5 Å². The Morgan fingerprint density at radius 3 is 2.94 bits per heavy atom. The third kappa shape index (κ3) is 2.29. The van der Waals surface area contributed by atoms with Crippen molar-refractivity contribution < 1.29 is 4.74 Å². The maximum atomic E-state index is 5.91. The van der Waals surface area contributed by atoms with Crippen LogP contribution in [0.3, 0.4) is 0 Å². The quantitative estimate of drug-likeness (QED) is 0.878. The topological polar surface area (TPSA) is 63.9 Å². The molecule has 2 aromatic heterocycles. The molecule has 0 radical (unpaired) electrons. The number of nitrogens with zero attached hydrogens (tertiary/aromatic N) is 1. The van der Waals surface area contributed by atoms with Gasteiger partial charge in [-0.05, 0) is 23.8 Å². The lowest BCUT2D eigenvalue weighted by Gasteiger charge is -2.07. The molecule has 0 aliphatic heterocycles. The molecule has 0 atom stereocenters. The molecule has 0 amide bonds. The van der Waals surface area contributed by atoms with Crippen molar-refractivity contribution in [3.8, 4) is 16.3 Å². The normalized spacial score (nSPS) is 11.1. The zero-order chi connectivity index (χ0) is 12.4. The fourth-order valence-electron chi connectivity index (χ4n) is 1.82. The first kappa shape index (κ1) is 12.0. The predicted octanol–water partition coefficient (Wildman–Crippen LogP) is 2.93. The van der Waals surface area contributed by atoms with Crippen LogP contribution in [0.25, 0.3) is 10.6 Å². The third-order valence-corrected chi connectivity index (χ3v) is 3.50. The first-order valence-electron chi connectivity index (χ1n) is 5.58. The fraction of sp³-hybridized carbons (Fsp3) is 0.417. The Morgan fingerprint density at radius 1 is 1.53 bits per heavy atom. The molecule has 0 saturated carbocycles. The number of nitrogen functional groups attached to an aromatic ring is 1. The van der Waals surface area contributed by atoms with E-state index >= 15 is 0 Å². The predicted molar refractivity (Wildman–Crippen MR) is 71.4 cm³/mol. The Morgan fingerprint density at radius 2 is 2.29 bits per heavy atom. The van der Waals surface area contributed by atoms with Crippen molar-refractivity contribution in [2.24, 2.45) is 5.92 Å². The molecule has 0 bridgehead atoms. The van der Waals surface area contributed by atoms with Gasteiger partial charge >= 0.3 is 0 Å². The van der Waals surface area contributed by atoms with E-state index in [0.717, 1.165) is 28.3 Å². The molecule has 0 aliphatic carbocycles. The smallest absolute Gasteiger partial charge is 0.149 e. The average Bonchev–Trinajstić information content (AvgIpc) is 2.86. The Balaban J connectivity index is 2.45. The molecule has 5 heteroatoms. The van der Waals surface area contributed by atoms with Gasteiger partial charge in [0.2, 0.25) is 0 Å². The first-order chi connectivity index (χ1) is 8.13. The van der Waals surface area contributed by atoms with Crippen LogP contribution in [-0.4, -0.2) is 17.3 Å². The van der Waals surface area contributed by atoms with Gasteiger partial charge in [-0.25, -0.2) is 0 Å². The van der Waals surface area contributed by atoms with Gasteiger partial charge in [0.05, 0.1) is 17.7 Å². The summed E-state index contributed by atoms with van der Waals surface area (Å²) in [6.45, 7) is 4.34. The van der Waals surface area contributed by atoms with Crippen LogP contribution in [0.2, 0.25) is 0 Å². The first-order valence-corrected chi connectivity index (χ1v) is 6.46. The lowest BCUT2D eigenvalue weighted by Crippen LogP contribution is -1.99. The SMILES string of the molecule is COc1ccsc1-c1[nH]nc(N)c1CC(C)C. The summed E-state index contributed by atoms with van der Waals surface area (Å²) in [7, 11) is 1.67. The molecule has 0 fully saturated rings. The lowest BCUT2D eigenvalue weighted by molar-refractivity contribution is 0.418. The van der Waals surface area contributed by atoms with E-state index in [9.17, 15) is 0 Å². The van der Waals surface area contributed by atoms with Gasteiger partial charge in [0.15, 0.2) is 0 Å². The van der Waals surface area contributed by atoms with Crippen molar-refractivity contribution in [3.63, 3.8) is 0 Å². The number of aromatic nitrogens is 2. The molecule has 92 valence electrons. The van der Waals surface area contributed by atoms with Gasteiger partial charge in [0.25, 0.3) is 0 Å². The number of thiophene rings is 1. The second-order valence-electron chi connectivity index (χ2n) is 4.38. The second kappa shape index (κ2) is 4.79. The number of ether oxygens (including phenoxy) is 1. The van der Waals surface area contributed by atoms with E-state index in [1.54, 1.807) is 18.4 Å². The van der Waals surface area contributed by atoms with Crippen molar-refractivity contribution in [2.45, 2.75) is 20.3 Å². The summed E-state index contributed by atoms with van der Waals surface area (Å²) >= 11 is 1.63. The molecule has 2 aromatic rings. The Kier molecular flexibility index (Phi) is 3.38. The molecule has 3 N–H and O–H groups in total. The van der Waals surface area contributed by atoms with Gasteiger partial charge in [-0.1, -0.05) is 13.8 Å². The minimum Gasteiger partial charge on any atom is -0.495 e. The van der Waals surface area contributed by atoms with Gasteiger partial charge in [0, 0.05) is 5.56 Å². The van der Waals surface area contributed by atoms with Crippen LogP contribution < -0.4 is 10.5 Å². The molecule has 4 nitrogen and oxygen atoms in total. The molecule has 17 heavy (non-hydrogen) atoms. The van der Waals surface area contributed by atoms with E-state index in [2.05, 4.69) is 24.0 Å². The molecule has 0 saturated heterocycles. The number of rotatable bonds is 4. The zero-order valence-corrected chi connectivity index (χ0v) is 11.1. The third-order valence-electron chi connectivity index (χ3n) is 2.59. The van der Waals surface area contributed by atoms with E-state index in [1.807, 2.05) is 11.4 Å². The molecular formula is C12H17N3OS. The lowest BCUT2D eigenvalue weighted by atomic mass is 10.0. The van der Waals surface area contributed by atoms with Crippen LogP contribution in [0.4, 0.5) is 5.82 Å². The van der Waals surface area contributed by atoms with Crippen LogP contribution >= 0.6 is 11.3 Å². The number of methoxy groups -OCH3 is 1. The molecule has 2 heterocycles. The number of H-pyrrole nitrogens is 1. The van der Waals surface area contributed by atoms with E-state index in [1.165, 1.54) is 0 Å². The summed E-state index contributed by atoms with van der Waals surface area (Å²) in [4.78, 5) is 1.06. The number of hydrogen-bond acceptors (Lipinski definition) is 4. The molecule has 0 aliphatic rings. The van der Waals surface area contributed by atoms with Crippen LogP contribution in [0.1, 0.15) is 19.4 Å². The summed E-state index contributed by atoms with van der Waals surface area (Å²) in [5, 5.41) is 9.12. The average molecular weight is 251 g/mol. The van der Waals surface area contributed by atoms with Gasteiger partial charge < -0.3 is 10.5 Å². The molecule has 0 unspecified atom stereocenters. The fourth-order valence-corrected chi connectivity index (χ4v) is 2.70. The molecular weight excluding hydrogens is 234 g/mol. The summed E-state index contributed by atoms with van der Waals surface area (Å²) in [5.41, 5.74) is 7.98. The van der Waals surface area contributed by atoms with E-state index in [0.29, 0.717) is 11.7 Å². The summed E-state index contributed by atoms with van der Waals surface area (Å²) in [5.74, 6) is 1.99. The summed E-state index contributed by atoms with van der Waals surface area (Å²) in [6, 6.07) is 1.95. The van der Waals surface area contributed by atoms with Crippen LogP contribution in [-0.2, 0) is 6.42 Å². The van der Waals surface area contributed by atoms with Crippen LogP contribution in [0.15, 0.2) is 11.4 Å². The highest BCUT2D eigenvalue weighted by atomic mass is 32.1. The van der Waals surface area contributed by atoms with Gasteiger partial charge in [-0.3, -0.25) is 5.10 Å². The van der Waals surface area contributed by atoms with Crippen molar-refractivity contribution in [2.75, 3.05) is 12.8 Å². The van der Waals surface area contributed by atoms with Gasteiger partial charge in [0.1, 0.15) is 11.6 Å². The van der Waals surface area contributed by atoms with E-state index in [-0.39, 0.29) is 0 Å². The van der Waals surface area contributed by atoms with Crippen molar-refractivity contribution in [1.82, 2.24) is 10.2 Å². The highest BCUT2D eigenvalue weighted by molar-refractivity contribution is 7.14. The molecule has 0 aromatic carbocycles. The number of aromatic amines is 1. The standard InChI is InChI=1S/C12H17N3OS/c1-7(2)6-8-10(14-15-12(8)13)11-9(16-3)4-5-17-11/h4-5,7H,6H2,1-3H3,(H3,13,14,15). The second-order valence-corrected chi connectivity index (χ2v) is 5.29. The Hall–Kier alpha value is -1.49. The van der Waals surface area contributed by atoms with Crippen molar-refractivity contribution in [1.29, 1.82) is 0 Å². The number of nitrogens with two attached hydrogens (primary N) is 1. The minimum absolute atomic E-state index is 0.541. The Labute approximate surface area is 105 Å². The van der Waals surface area contributed by atoms with E-state index < -0.39 is 0 Å². The number of hydrogen-bond donors (Lipinski definition) is 2. The molecule has 0 spiro atoms. The maximum Gasteiger partial charge on any atom is 0.149 e. The summed E-state index contributed by atoms with van der Waals surface area (Å²) in [6.07, 6.45) is 0.915. The van der Waals surface area contributed by atoms with Gasteiger partial charge in [-0.15, -0.1) is 11.3 Å². The number of anilines is 1. The number of nitrogens with one attached hydrogen (secondary N) is 1. The van der Waals surface area contributed by atoms with Gasteiger partial charge in [-0.2, -0.15) is 5.10 Å². The largest absolute Gasteiger partial charge is 0.495 e. The van der Waals surface area contributed by atoms with Crippen LogP contribution in [0, 0.1) is 5.92 Å². The zero-order valence-electron chi connectivity index (χ0n) is 10.3. The summed E-state index contributed by atoms with van der Waals surface area (Å²) < 4.78 is 5.33. The maximum absolute atomic E-state index is 5.91. The Bertz CT molecular complexity index is 502. The highest BCUT2D eigenvalue weighted by Crippen LogP contribution is 2.38. The van der Waals surface area contributed by atoms with Crippen molar-refractivity contribution >= 4 is 17.2 Å². The monoisotopic (exact) mass is 251 g/mol. The van der Waals surface area contributed by atoms with Crippen molar-refractivity contribution in [3.05, 3.63) is 17.0 Å². The minimum atomic E-state index is 0.541. The van der Waals surface area contributed by atoms with Crippen LogP contribution in [0.5, 0.6) is 5.75 Å². The molecule has 2 rings (SSSR count).